The molecule has 0 aliphatic heterocycles. The summed E-state index contributed by atoms with van der Waals surface area (Å²) in [5.41, 5.74) is 1.40. The van der Waals surface area contributed by atoms with E-state index in [-0.39, 0.29) is 5.91 Å². The number of nitrogens with one attached hydrogen (secondary N) is 1. The topological polar surface area (TPSA) is 54.9 Å². The van der Waals surface area contributed by atoms with Crippen LogP contribution in [0, 0.1) is 0 Å². The number of nitrogens with zero attached hydrogens (tertiary/aromatic N) is 2. The van der Waals surface area contributed by atoms with Crippen molar-refractivity contribution in [3.63, 3.8) is 0 Å². The summed E-state index contributed by atoms with van der Waals surface area (Å²) >= 11 is 1.61. The van der Waals surface area contributed by atoms with E-state index in [1.54, 1.807) is 23.7 Å². The largest absolute Gasteiger partial charge is 0.347 e. The Bertz CT molecular complexity index is 709. The Labute approximate surface area is 126 Å². The van der Waals surface area contributed by atoms with Gasteiger partial charge in [0.05, 0.1) is 12.1 Å². The van der Waals surface area contributed by atoms with E-state index in [0.29, 0.717) is 17.9 Å². The van der Waals surface area contributed by atoms with Crippen molar-refractivity contribution in [1.82, 2.24) is 15.3 Å². The molecule has 0 saturated carbocycles. The van der Waals surface area contributed by atoms with E-state index in [1.165, 1.54) is 0 Å². The molecule has 0 radical (unpaired) electrons. The zero-order valence-electron chi connectivity index (χ0n) is 11.2. The van der Waals surface area contributed by atoms with Crippen LogP contribution in [0.3, 0.4) is 0 Å². The second-order valence-electron chi connectivity index (χ2n) is 4.42. The standard InChI is InChI=1S/C16H13N3OS/c20-16(19-11-14-7-4-8-21-14)13-9-17-15(18-10-13)12-5-2-1-3-6-12/h1-10H,11H2,(H,19,20). The molecule has 0 atom stereocenters. The fourth-order valence-corrected chi connectivity index (χ4v) is 2.51. The van der Waals surface area contributed by atoms with Crippen LogP contribution >= 0.6 is 11.3 Å². The minimum Gasteiger partial charge on any atom is -0.347 e. The van der Waals surface area contributed by atoms with Crippen molar-refractivity contribution < 1.29 is 4.79 Å². The van der Waals surface area contributed by atoms with Gasteiger partial charge in [-0.2, -0.15) is 0 Å². The summed E-state index contributed by atoms with van der Waals surface area (Å²) in [6, 6.07) is 13.6. The molecule has 0 unspecified atom stereocenters. The van der Waals surface area contributed by atoms with E-state index in [1.807, 2.05) is 47.8 Å². The number of amides is 1. The van der Waals surface area contributed by atoms with E-state index in [9.17, 15) is 4.79 Å². The van der Waals surface area contributed by atoms with Gasteiger partial charge in [0.1, 0.15) is 0 Å². The van der Waals surface area contributed by atoms with Gasteiger partial charge in [-0.05, 0) is 11.4 Å². The quantitative estimate of drug-likeness (QED) is 0.804. The third-order valence-electron chi connectivity index (χ3n) is 2.95. The zero-order valence-corrected chi connectivity index (χ0v) is 12.0. The van der Waals surface area contributed by atoms with Gasteiger partial charge >= 0.3 is 0 Å². The number of carbonyl (C=O) groups is 1. The molecule has 0 bridgehead atoms. The van der Waals surface area contributed by atoms with Crippen molar-refractivity contribution in [2.24, 2.45) is 0 Å². The Hall–Kier alpha value is -2.53. The van der Waals surface area contributed by atoms with Crippen LogP contribution in [-0.4, -0.2) is 15.9 Å². The lowest BCUT2D eigenvalue weighted by Crippen LogP contribution is -2.22. The van der Waals surface area contributed by atoms with Gasteiger partial charge in [-0.25, -0.2) is 9.97 Å². The maximum absolute atomic E-state index is 12.0. The molecule has 4 nitrogen and oxygen atoms in total. The van der Waals surface area contributed by atoms with E-state index >= 15 is 0 Å². The van der Waals surface area contributed by atoms with Crippen molar-refractivity contribution >= 4 is 17.2 Å². The lowest BCUT2D eigenvalue weighted by atomic mass is 10.2. The van der Waals surface area contributed by atoms with Gasteiger partial charge < -0.3 is 5.32 Å². The van der Waals surface area contributed by atoms with Crippen molar-refractivity contribution in [2.75, 3.05) is 0 Å². The average Bonchev–Trinajstić information content (AvgIpc) is 3.07. The Morgan fingerprint density at radius 2 is 1.81 bits per heavy atom. The molecule has 1 aromatic carbocycles. The van der Waals surface area contributed by atoms with Crippen LogP contribution in [0.4, 0.5) is 0 Å². The first kappa shape index (κ1) is 13.5. The summed E-state index contributed by atoms with van der Waals surface area (Å²) in [5.74, 6) is 0.452. The molecule has 0 aliphatic carbocycles. The van der Waals surface area contributed by atoms with Crippen molar-refractivity contribution in [1.29, 1.82) is 0 Å². The highest BCUT2D eigenvalue weighted by molar-refractivity contribution is 7.09. The van der Waals surface area contributed by atoms with Gasteiger partial charge in [-0.15, -0.1) is 11.3 Å². The predicted molar refractivity (Wildman–Crippen MR) is 83.0 cm³/mol. The molecule has 1 amide bonds. The van der Waals surface area contributed by atoms with Crippen LogP contribution in [-0.2, 0) is 6.54 Å². The highest BCUT2D eigenvalue weighted by Gasteiger charge is 2.08. The van der Waals surface area contributed by atoms with Gasteiger partial charge in [0.2, 0.25) is 0 Å². The molecule has 2 heterocycles. The third-order valence-corrected chi connectivity index (χ3v) is 3.83. The van der Waals surface area contributed by atoms with Crippen LogP contribution in [0.1, 0.15) is 15.2 Å². The molecule has 0 spiro atoms. The van der Waals surface area contributed by atoms with Crippen LogP contribution < -0.4 is 5.32 Å². The van der Waals surface area contributed by atoms with Crippen molar-refractivity contribution in [2.45, 2.75) is 6.54 Å². The van der Waals surface area contributed by atoms with Crippen LogP contribution in [0.2, 0.25) is 0 Å². The van der Waals surface area contributed by atoms with Crippen LogP contribution in [0.5, 0.6) is 0 Å². The molecular weight excluding hydrogens is 282 g/mol. The molecule has 0 fully saturated rings. The first-order chi connectivity index (χ1) is 10.3. The van der Waals surface area contributed by atoms with E-state index in [2.05, 4.69) is 15.3 Å². The number of benzene rings is 1. The number of carbonyl (C=O) groups excluding carboxylic acids is 1. The Morgan fingerprint density at radius 1 is 1.05 bits per heavy atom. The van der Waals surface area contributed by atoms with Crippen molar-refractivity contribution in [3.8, 4) is 11.4 Å². The summed E-state index contributed by atoms with van der Waals surface area (Å²) < 4.78 is 0. The maximum atomic E-state index is 12.0. The molecule has 104 valence electrons. The summed E-state index contributed by atoms with van der Waals surface area (Å²) in [6.45, 7) is 0.525. The zero-order chi connectivity index (χ0) is 14.5. The Balaban J connectivity index is 1.67. The molecule has 2 aromatic heterocycles. The number of rotatable bonds is 4. The normalized spacial score (nSPS) is 10.3. The minimum absolute atomic E-state index is 0.164. The molecule has 3 aromatic rings. The van der Waals surface area contributed by atoms with E-state index in [4.69, 9.17) is 0 Å². The molecule has 21 heavy (non-hydrogen) atoms. The summed E-state index contributed by atoms with van der Waals surface area (Å²) in [6.07, 6.45) is 3.11. The second-order valence-corrected chi connectivity index (χ2v) is 5.46. The highest BCUT2D eigenvalue weighted by atomic mass is 32.1. The fraction of sp³-hybridized carbons (Fsp3) is 0.0625. The van der Waals surface area contributed by atoms with Gasteiger partial charge in [0, 0.05) is 22.8 Å². The summed E-state index contributed by atoms with van der Waals surface area (Å²) in [5, 5.41) is 4.84. The van der Waals surface area contributed by atoms with Gasteiger partial charge in [0.15, 0.2) is 5.82 Å². The molecule has 1 N–H and O–H groups in total. The van der Waals surface area contributed by atoms with E-state index in [0.717, 1.165) is 10.4 Å². The number of thiophene rings is 1. The highest BCUT2D eigenvalue weighted by Crippen LogP contribution is 2.13. The number of aromatic nitrogens is 2. The molecule has 3 rings (SSSR count). The summed E-state index contributed by atoms with van der Waals surface area (Å²) in [7, 11) is 0. The molecule has 5 heteroatoms. The first-order valence-corrected chi connectivity index (χ1v) is 7.39. The van der Waals surface area contributed by atoms with Gasteiger partial charge in [0.25, 0.3) is 5.91 Å². The smallest absolute Gasteiger partial charge is 0.254 e. The Morgan fingerprint density at radius 3 is 2.48 bits per heavy atom. The van der Waals surface area contributed by atoms with E-state index < -0.39 is 0 Å². The first-order valence-electron chi connectivity index (χ1n) is 6.51. The third kappa shape index (κ3) is 3.32. The lowest BCUT2D eigenvalue weighted by molar-refractivity contribution is 0.0950. The fourth-order valence-electron chi connectivity index (χ4n) is 1.86. The SMILES string of the molecule is O=C(NCc1cccs1)c1cnc(-c2ccccc2)nc1. The summed E-state index contributed by atoms with van der Waals surface area (Å²) in [4.78, 5) is 21.6. The Kier molecular flexibility index (Phi) is 4.02. The lowest BCUT2D eigenvalue weighted by Gasteiger charge is -2.04. The molecular formula is C16H13N3OS. The minimum atomic E-state index is -0.164. The average molecular weight is 295 g/mol. The monoisotopic (exact) mass is 295 g/mol. The molecule has 0 aliphatic rings. The van der Waals surface area contributed by atoms with Gasteiger partial charge in [-0.3, -0.25) is 4.79 Å². The molecule has 0 saturated heterocycles. The second kappa shape index (κ2) is 6.28. The number of hydrogen-bond acceptors (Lipinski definition) is 4. The van der Waals surface area contributed by atoms with Crippen LogP contribution in [0.25, 0.3) is 11.4 Å². The van der Waals surface area contributed by atoms with Crippen LogP contribution in [0.15, 0.2) is 60.2 Å². The maximum Gasteiger partial charge on any atom is 0.254 e. The predicted octanol–water partition coefficient (Wildman–Crippen LogP) is 3.14. The van der Waals surface area contributed by atoms with Gasteiger partial charge in [-0.1, -0.05) is 36.4 Å². The van der Waals surface area contributed by atoms with Crippen molar-refractivity contribution in [3.05, 3.63) is 70.7 Å². The number of hydrogen-bond donors (Lipinski definition) is 1.